The summed E-state index contributed by atoms with van der Waals surface area (Å²) in [5.74, 6) is -0.188. The van der Waals surface area contributed by atoms with Crippen LogP contribution >= 0.6 is 0 Å². The van der Waals surface area contributed by atoms with Gasteiger partial charge in [0.25, 0.3) is 0 Å². The van der Waals surface area contributed by atoms with Crippen molar-refractivity contribution in [2.24, 2.45) is 0 Å². The van der Waals surface area contributed by atoms with E-state index in [0.717, 1.165) is 0 Å². The molecule has 0 bridgehead atoms. The van der Waals surface area contributed by atoms with Gasteiger partial charge in [-0.3, -0.25) is 4.79 Å². The van der Waals surface area contributed by atoms with Crippen LogP contribution in [0.1, 0.15) is 6.92 Å². The normalized spacial score (nSPS) is 39.7. The molecule has 1 fully saturated rings. The lowest BCUT2D eigenvalue weighted by Crippen LogP contribution is -2.58. The smallest absolute Gasteiger partial charge is 0.184 e. The molecule has 1 saturated heterocycles. The van der Waals surface area contributed by atoms with Gasteiger partial charge in [0, 0.05) is 0 Å². The van der Waals surface area contributed by atoms with Crippen LogP contribution in [-0.2, 0) is 14.3 Å². The number of Topliss-reactive ketones (excluding diaryl/α,β-unsaturated/α-hetero) is 1. The Bertz CT molecular complexity index is 244. The molecule has 0 radical (unpaired) electrons. The van der Waals surface area contributed by atoms with Crippen LogP contribution in [0.4, 0.5) is 0 Å². The highest BCUT2D eigenvalue weighted by Gasteiger charge is 2.42. The van der Waals surface area contributed by atoms with Crippen molar-refractivity contribution in [1.29, 1.82) is 0 Å². The van der Waals surface area contributed by atoms with Gasteiger partial charge in [0.15, 0.2) is 12.1 Å². The predicted octanol–water partition coefficient (Wildman–Crippen LogP) is -2.61. The Morgan fingerprint density at radius 2 is 1.81 bits per heavy atom. The molecule has 1 aliphatic rings. The third kappa shape index (κ3) is 3.21. The second kappa shape index (κ2) is 5.67. The zero-order valence-corrected chi connectivity index (χ0v) is 8.81. The van der Waals surface area contributed by atoms with E-state index in [0.29, 0.717) is 0 Å². The van der Waals surface area contributed by atoms with Crippen molar-refractivity contribution in [3.8, 4) is 0 Å². The average molecular weight is 236 g/mol. The van der Waals surface area contributed by atoms with Crippen molar-refractivity contribution in [3.63, 3.8) is 0 Å². The van der Waals surface area contributed by atoms with Crippen molar-refractivity contribution < 1.29 is 34.7 Å². The van der Waals surface area contributed by atoms with E-state index in [9.17, 15) is 20.1 Å². The highest BCUT2D eigenvalue weighted by molar-refractivity contribution is 5.76. The van der Waals surface area contributed by atoms with Gasteiger partial charge in [-0.25, -0.2) is 0 Å². The summed E-state index contributed by atoms with van der Waals surface area (Å²) in [5, 5.41) is 37.2. The van der Waals surface area contributed by atoms with Gasteiger partial charge in [-0.05, 0) is 6.92 Å². The third-order valence-electron chi connectivity index (χ3n) is 2.27. The molecule has 1 rings (SSSR count). The lowest BCUT2D eigenvalue weighted by atomic mass is 9.99. The van der Waals surface area contributed by atoms with E-state index < -0.39 is 30.7 Å². The summed E-state index contributed by atoms with van der Waals surface area (Å²) in [6.45, 7) is 1.05. The van der Waals surface area contributed by atoms with Gasteiger partial charge < -0.3 is 29.9 Å². The van der Waals surface area contributed by atoms with Crippen molar-refractivity contribution in [2.75, 3.05) is 13.2 Å². The molecule has 7 nitrogen and oxygen atoms in total. The maximum Gasteiger partial charge on any atom is 0.184 e. The Labute approximate surface area is 92.2 Å². The standard InChI is InChI=1S/C9H16O7/c1-4(10)2-15-3-5-6(11)7(12)8(13)9(14)16-5/h5-9,11-14H,2-3H2,1H3/t5-,6+,7?,8+,9?/m1/s1. The Balaban J connectivity index is 2.44. The summed E-state index contributed by atoms with van der Waals surface area (Å²) >= 11 is 0. The van der Waals surface area contributed by atoms with Crippen molar-refractivity contribution in [1.82, 2.24) is 0 Å². The molecule has 16 heavy (non-hydrogen) atoms. The van der Waals surface area contributed by atoms with E-state index in [2.05, 4.69) is 0 Å². The number of hydrogen-bond donors (Lipinski definition) is 4. The SMILES string of the molecule is CC(=O)COC[C@H]1OC(O)[C@@H](O)C(O)[C@H]1O. The minimum absolute atomic E-state index is 0.138. The minimum atomic E-state index is -1.58. The summed E-state index contributed by atoms with van der Waals surface area (Å²) < 4.78 is 9.72. The second-order valence-electron chi connectivity index (χ2n) is 3.75. The highest BCUT2D eigenvalue weighted by atomic mass is 16.6. The molecule has 1 aliphatic heterocycles. The molecule has 4 N–H and O–H groups in total. The number of aliphatic hydroxyl groups is 4. The number of carbonyl (C=O) groups is 1. The fourth-order valence-corrected chi connectivity index (χ4v) is 1.39. The quantitative estimate of drug-likeness (QED) is 0.422. The van der Waals surface area contributed by atoms with E-state index in [-0.39, 0.29) is 19.0 Å². The molecule has 0 amide bonds. The first kappa shape index (κ1) is 13.5. The minimum Gasteiger partial charge on any atom is -0.387 e. The molecule has 0 aromatic carbocycles. The first-order valence-electron chi connectivity index (χ1n) is 4.88. The molecule has 94 valence electrons. The molecule has 0 spiro atoms. The van der Waals surface area contributed by atoms with Crippen LogP contribution in [0.15, 0.2) is 0 Å². The highest BCUT2D eigenvalue weighted by Crippen LogP contribution is 2.19. The average Bonchev–Trinajstić information content (AvgIpc) is 2.22. The van der Waals surface area contributed by atoms with Gasteiger partial charge in [0.1, 0.15) is 31.0 Å². The molecule has 2 unspecified atom stereocenters. The van der Waals surface area contributed by atoms with Crippen LogP contribution in [-0.4, -0.2) is 70.1 Å². The Hall–Kier alpha value is -0.570. The van der Waals surface area contributed by atoms with Crippen molar-refractivity contribution in [2.45, 2.75) is 37.6 Å². The van der Waals surface area contributed by atoms with E-state index in [1.54, 1.807) is 0 Å². The number of aliphatic hydroxyl groups excluding tert-OH is 4. The number of ketones is 1. The summed E-state index contributed by atoms with van der Waals surface area (Å²) in [6.07, 6.45) is -6.99. The third-order valence-corrected chi connectivity index (χ3v) is 2.27. The summed E-state index contributed by atoms with van der Waals surface area (Å²) in [6, 6.07) is 0. The molecule has 0 aliphatic carbocycles. The summed E-state index contributed by atoms with van der Waals surface area (Å²) in [7, 11) is 0. The molecular weight excluding hydrogens is 220 g/mol. The van der Waals surface area contributed by atoms with Gasteiger partial charge in [-0.1, -0.05) is 0 Å². The number of ether oxygens (including phenoxy) is 2. The molecule has 5 atom stereocenters. The van der Waals surface area contributed by atoms with Crippen LogP contribution in [0, 0.1) is 0 Å². The van der Waals surface area contributed by atoms with Crippen LogP contribution in [0.2, 0.25) is 0 Å². The Morgan fingerprint density at radius 1 is 1.19 bits per heavy atom. The molecular formula is C9H16O7. The van der Waals surface area contributed by atoms with Crippen LogP contribution in [0.5, 0.6) is 0 Å². The fourth-order valence-electron chi connectivity index (χ4n) is 1.39. The lowest BCUT2D eigenvalue weighted by molar-refractivity contribution is -0.288. The first-order chi connectivity index (χ1) is 7.43. The van der Waals surface area contributed by atoms with E-state index >= 15 is 0 Å². The van der Waals surface area contributed by atoms with Crippen LogP contribution in [0.3, 0.4) is 0 Å². The summed E-state index contributed by atoms with van der Waals surface area (Å²) in [4.78, 5) is 10.6. The zero-order chi connectivity index (χ0) is 12.3. The molecule has 1 heterocycles. The molecule has 7 heteroatoms. The van der Waals surface area contributed by atoms with Crippen LogP contribution in [0.25, 0.3) is 0 Å². The number of hydrogen-bond acceptors (Lipinski definition) is 7. The molecule has 0 aromatic rings. The maximum absolute atomic E-state index is 10.6. The van der Waals surface area contributed by atoms with Crippen LogP contribution < -0.4 is 0 Å². The van der Waals surface area contributed by atoms with Gasteiger partial charge in [0.2, 0.25) is 0 Å². The van der Waals surface area contributed by atoms with E-state index in [1.165, 1.54) is 6.92 Å². The number of rotatable bonds is 4. The lowest BCUT2D eigenvalue weighted by Gasteiger charge is -2.38. The predicted molar refractivity (Wildman–Crippen MR) is 50.4 cm³/mol. The maximum atomic E-state index is 10.6. The molecule has 0 aromatic heterocycles. The van der Waals surface area contributed by atoms with Gasteiger partial charge in [-0.2, -0.15) is 0 Å². The van der Waals surface area contributed by atoms with Gasteiger partial charge in [-0.15, -0.1) is 0 Å². The van der Waals surface area contributed by atoms with Gasteiger partial charge in [0.05, 0.1) is 6.61 Å². The first-order valence-corrected chi connectivity index (χ1v) is 4.88. The number of carbonyl (C=O) groups excluding carboxylic acids is 1. The Kier molecular flexibility index (Phi) is 4.78. The molecule has 0 saturated carbocycles. The largest absolute Gasteiger partial charge is 0.387 e. The van der Waals surface area contributed by atoms with Gasteiger partial charge >= 0.3 is 0 Å². The zero-order valence-electron chi connectivity index (χ0n) is 8.81. The van der Waals surface area contributed by atoms with E-state index in [4.69, 9.17) is 14.6 Å². The van der Waals surface area contributed by atoms with Crippen molar-refractivity contribution in [3.05, 3.63) is 0 Å². The monoisotopic (exact) mass is 236 g/mol. The van der Waals surface area contributed by atoms with E-state index in [1.807, 2.05) is 0 Å². The summed E-state index contributed by atoms with van der Waals surface area (Å²) in [5.41, 5.74) is 0. The van der Waals surface area contributed by atoms with Crippen molar-refractivity contribution >= 4 is 5.78 Å². The fraction of sp³-hybridized carbons (Fsp3) is 0.889. The second-order valence-corrected chi connectivity index (χ2v) is 3.75. The topological polar surface area (TPSA) is 116 Å². The Morgan fingerprint density at radius 3 is 2.38 bits per heavy atom.